The number of hydrogen-bond acceptors (Lipinski definition) is 6. The van der Waals surface area contributed by atoms with Crippen molar-refractivity contribution in [3.05, 3.63) is 0 Å². The average molecular weight is 340 g/mol. The minimum atomic E-state index is -4.22. The highest BCUT2D eigenvalue weighted by atomic mass is 33.1. The normalized spacial score (nSPS) is 16.6. The van der Waals surface area contributed by atoms with Crippen LogP contribution in [0.25, 0.3) is 0 Å². The summed E-state index contributed by atoms with van der Waals surface area (Å²) in [6, 6.07) is 0. The van der Waals surface area contributed by atoms with Gasteiger partial charge < -0.3 is 31.0 Å². The first-order valence-corrected chi connectivity index (χ1v) is 10.8. The lowest BCUT2D eigenvalue weighted by Gasteiger charge is -2.13. The third kappa shape index (κ3) is 8.92. The molecular formula is C6H18N2O6P2S2. The second-order valence-electron chi connectivity index (χ2n) is 3.53. The Balaban J connectivity index is 3.59. The Hall–Kier alpha value is 0.920. The first-order chi connectivity index (χ1) is 8.05. The molecule has 0 amide bonds. The van der Waals surface area contributed by atoms with E-state index in [2.05, 4.69) is 0 Å². The van der Waals surface area contributed by atoms with Crippen molar-refractivity contribution < 1.29 is 28.7 Å². The van der Waals surface area contributed by atoms with Gasteiger partial charge in [0.15, 0.2) is 0 Å². The van der Waals surface area contributed by atoms with Crippen molar-refractivity contribution >= 4 is 36.8 Å². The molecule has 110 valence electrons. The van der Waals surface area contributed by atoms with E-state index in [1.807, 2.05) is 0 Å². The van der Waals surface area contributed by atoms with E-state index in [9.17, 15) is 9.13 Å². The first-order valence-electron chi connectivity index (χ1n) is 4.91. The zero-order valence-corrected chi connectivity index (χ0v) is 12.9. The molecule has 0 saturated heterocycles. The summed E-state index contributed by atoms with van der Waals surface area (Å²) in [4.78, 5) is 34.9. The van der Waals surface area contributed by atoms with E-state index in [1.54, 1.807) is 0 Å². The lowest BCUT2D eigenvalue weighted by atomic mass is 10.5. The monoisotopic (exact) mass is 340 g/mol. The summed E-state index contributed by atoms with van der Waals surface area (Å²) in [5, 5.41) is 0. The maximum Gasteiger partial charge on any atom is 0.342 e. The Labute approximate surface area is 113 Å². The Morgan fingerprint density at radius 1 is 0.833 bits per heavy atom. The van der Waals surface area contributed by atoms with Crippen molar-refractivity contribution in [3.63, 3.8) is 0 Å². The predicted molar refractivity (Wildman–Crippen MR) is 74.2 cm³/mol. The molecule has 0 spiro atoms. The maximum atomic E-state index is 10.7. The van der Waals surface area contributed by atoms with Crippen molar-refractivity contribution in [1.29, 1.82) is 0 Å². The van der Waals surface area contributed by atoms with Gasteiger partial charge in [0, 0.05) is 11.5 Å². The second kappa shape index (κ2) is 8.26. The van der Waals surface area contributed by atoms with Gasteiger partial charge in [-0.25, -0.2) is 0 Å². The van der Waals surface area contributed by atoms with E-state index in [4.69, 9.17) is 31.0 Å². The third-order valence-corrected chi connectivity index (χ3v) is 6.66. The Morgan fingerprint density at radius 2 is 1.11 bits per heavy atom. The lowest BCUT2D eigenvalue weighted by molar-refractivity contribution is 0.355. The van der Waals surface area contributed by atoms with E-state index in [0.717, 1.165) is 0 Å². The zero-order valence-electron chi connectivity index (χ0n) is 9.45. The van der Waals surface area contributed by atoms with Crippen LogP contribution in [0.15, 0.2) is 0 Å². The van der Waals surface area contributed by atoms with Crippen LogP contribution in [0.2, 0.25) is 0 Å². The molecule has 12 heteroatoms. The zero-order chi connectivity index (χ0) is 14.4. The molecule has 8 nitrogen and oxygen atoms in total. The van der Waals surface area contributed by atoms with Crippen molar-refractivity contribution in [2.75, 3.05) is 11.5 Å². The molecule has 18 heavy (non-hydrogen) atoms. The van der Waals surface area contributed by atoms with Crippen molar-refractivity contribution in [3.8, 4) is 0 Å². The van der Waals surface area contributed by atoms with Gasteiger partial charge in [-0.05, 0) is 12.8 Å². The second-order valence-corrected chi connectivity index (χ2v) is 9.92. The topological polar surface area (TPSA) is 167 Å². The molecule has 0 unspecified atom stereocenters. The summed E-state index contributed by atoms with van der Waals surface area (Å²) < 4.78 is 21.4. The highest BCUT2D eigenvalue weighted by molar-refractivity contribution is 8.76. The van der Waals surface area contributed by atoms with Gasteiger partial charge in [-0.2, -0.15) is 0 Å². The lowest BCUT2D eigenvalue weighted by Crippen LogP contribution is -2.21. The minimum Gasteiger partial charge on any atom is -0.323 e. The molecule has 0 aliphatic carbocycles. The fourth-order valence-corrected chi connectivity index (χ4v) is 4.29. The standard InChI is InChI=1S/C6H18N2O6P2S2/c7-5(15(9,10)11)1-3-17-18-4-2-6(8)16(12,13)14/h5-6H,1-4,7-8H2,(H2,9,10,11)(H2,12,13,14)/t5-,6-/m1/s1. The van der Waals surface area contributed by atoms with E-state index >= 15 is 0 Å². The summed E-state index contributed by atoms with van der Waals surface area (Å²) in [6.07, 6.45) is 0.346. The molecule has 0 heterocycles. The molecule has 8 N–H and O–H groups in total. The highest BCUT2D eigenvalue weighted by Gasteiger charge is 2.25. The fourth-order valence-electron chi connectivity index (χ4n) is 0.792. The van der Waals surface area contributed by atoms with Gasteiger partial charge in [0.1, 0.15) is 11.6 Å². The van der Waals surface area contributed by atoms with E-state index in [0.29, 0.717) is 11.5 Å². The number of nitrogens with two attached hydrogens (primary N) is 2. The van der Waals surface area contributed by atoms with Crippen LogP contribution in [-0.4, -0.2) is 42.6 Å². The molecule has 0 fully saturated rings. The van der Waals surface area contributed by atoms with E-state index in [-0.39, 0.29) is 12.8 Å². The molecule has 0 aromatic carbocycles. The average Bonchev–Trinajstić information content (AvgIpc) is 2.19. The SMILES string of the molecule is N[C@@H](CCSSCC[C@H](N)P(=O)(O)O)P(=O)(O)O. The van der Waals surface area contributed by atoms with Gasteiger partial charge in [-0.15, -0.1) is 0 Å². The third-order valence-electron chi connectivity index (χ3n) is 1.94. The molecule has 0 bridgehead atoms. The van der Waals surface area contributed by atoms with Crippen LogP contribution in [-0.2, 0) is 9.13 Å². The van der Waals surface area contributed by atoms with E-state index in [1.165, 1.54) is 21.6 Å². The molecule has 0 aliphatic rings. The summed E-state index contributed by atoms with van der Waals surface area (Å²) >= 11 is 0. The van der Waals surface area contributed by atoms with Crippen LogP contribution in [0.1, 0.15) is 12.8 Å². The van der Waals surface area contributed by atoms with Crippen molar-refractivity contribution in [1.82, 2.24) is 0 Å². The van der Waals surface area contributed by atoms with Crippen LogP contribution in [0, 0.1) is 0 Å². The molecule has 0 radical (unpaired) electrons. The highest BCUT2D eigenvalue weighted by Crippen LogP contribution is 2.42. The number of rotatable bonds is 9. The van der Waals surface area contributed by atoms with Crippen LogP contribution < -0.4 is 11.5 Å². The quantitative estimate of drug-likeness (QED) is 0.192. The van der Waals surface area contributed by atoms with Crippen LogP contribution >= 0.6 is 36.8 Å². The van der Waals surface area contributed by atoms with Crippen molar-refractivity contribution in [2.45, 2.75) is 24.4 Å². The van der Waals surface area contributed by atoms with E-state index < -0.39 is 26.8 Å². The number of hydrogen-bond donors (Lipinski definition) is 6. The van der Waals surface area contributed by atoms with Gasteiger partial charge in [0.2, 0.25) is 0 Å². The fraction of sp³-hybridized carbons (Fsp3) is 1.00. The van der Waals surface area contributed by atoms with Gasteiger partial charge in [-0.3, -0.25) is 9.13 Å². The molecule has 0 aromatic heterocycles. The van der Waals surface area contributed by atoms with Crippen LogP contribution in [0.4, 0.5) is 0 Å². The van der Waals surface area contributed by atoms with Crippen molar-refractivity contribution in [2.24, 2.45) is 11.5 Å². The summed E-state index contributed by atoms with van der Waals surface area (Å²) in [5.74, 6) is -1.43. The van der Waals surface area contributed by atoms with Gasteiger partial charge in [-0.1, -0.05) is 21.6 Å². The predicted octanol–water partition coefficient (Wildman–Crippen LogP) is 0.0730. The van der Waals surface area contributed by atoms with Crippen LogP contribution in [0.3, 0.4) is 0 Å². The summed E-state index contributed by atoms with van der Waals surface area (Å²) in [5.41, 5.74) is 10.5. The minimum absolute atomic E-state index is 0.173. The molecule has 0 aromatic rings. The molecule has 0 aliphatic heterocycles. The molecular weight excluding hydrogens is 322 g/mol. The summed E-state index contributed by atoms with van der Waals surface area (Å²) in [6.45, 7) is 0. The molecule has 0 rings (SSSR count). The summed E-state index contributed by atoms with van der Waals surface area (Å²) in [7, 11) is -5.77. The largest absolute Gasteiger partial charge is 0.342 e. The Kier molecular flexibility index (Phi) is 8.68. The smallest absolute Gasteiger partial charge is 0.323 e. The maximum absolute atomic E-state index is 10.7. The Morgan fingerprint density at radius 3 is 1.33 bits per heavy atom. The van der Waals surface area contributed by atoms with Crippen LogP contribution in [0.5, 0.6) is 0 Å². The van der Waals surface area contributed by atoms with Gasteiger partial charge >= 0.3 is 15.2 Å². The van der Waals surface area contributed by atoms with Gasteiger partial charge in [0.05, 0.1) is 0 Å². The Bertz CT molecular complexity index is 302. The molecule has 2 atom stereocenters. The first kappa shape index (κ1) is 18.9. The molecule has 0 saturated carbocycles. The van der Waals surface area contributed by atoms with Gasteiger partial charge in [0.25, 0.3) is 0 Å².